The number of carboxylic acid groups (broad SMARTS) is 1. The average molecular weight is 293 g/mol. The molecule has 0 saturated heterocycles. The summed E-state index contributed by atoms with van der Waals surface area (Å²) in [5.74, 6) is -1.81. The van der Waals surface area contributed by atoms with Crippen molar-refractivity contribution in [2.24, 2.45) is 5.92 Å². The quantitative estimate of drug-likeness (QED) is 0.847. The SMILES string of the molecule is O=C(NC(C(=O)O)C1CC1)c1cnc2sccn2c1=O. The van der Waals surface area contributed by atoms with E-state index in [-0.39, 0.29) is 11.5 Å². The fourth-order valence-corrected chi connectivity index (χ4v) is 2.69. The molecule has 20 heavy (non-hydrogen) atoms. The smallest absolute Gasteiger partial charge is 0.326 e. The van der Waals surface area contributed by atoms with E-state index in [0.29, 0.717) is 4.96 Å². The first-order valence-electron chi connectivity index (χ1n) is 6.06. The van der Waals surface area contributed by atoms with Gasteiger partial charge in [-0.1, -0.05) is 0 Å². The molecule has 0 spiro atoms. The molecule has 0 radical (unpaired) electrons. The molecule has 1 aliphatic rings. The van der Waals surface area contributed by atoms with Gasteiger partial charge >= 0.3 is 5.97 Å². The molecule has 1 aliphatic carbocycles. The highest BCUT2D eigenvalue weighted by molar-refractivity contribution is 7.15. The van der Waals surface area contributed by atoms with Crippen LogP contribution in [0.25, 0.3) is 4.96 Å². The van der Waals surface area contributed by atoms with Crippen LogP contribution in [0.4, 0.5) is 0 Å². The van der Waals surface area contributed by atoms with Gasteiger partial charge in [0.15, 0.2) is 4.96 Å². The molecule has 0 aromatic carbocycles. The summed E-state index contributed by atoms with van der Waals surface area (Å²) in [4.78, 5) is 39.7. The van der Waals surface area contributed by atoms with Crippen molar-refractivity contribution in [2.45, 2.75) is 18.9 Å². The zero-order valence-electron chi connectivity index (χ0n) is 10.3. The summed E-state index contributed by atoms with van der Waals surface area (Å²) in [7, 11) is 0. The lowest BCUT2D eigenvalue weighted by Crippen LogP contribution is -2.44. The Hall–Kier alpha value is -2.22. The summed E-state index contributed by atoms with van der Waals surface area (Å²) in [6.45, 7) is 0. The topological polar surface area (TPSA) is 101 Å². The van der Waals surface area contributed by atoms with Crippen molar-refractivity contribution >= 4 is 28.2 Å². The van der Waals surface area contributed by atoms with Gasteiger partial charge in [-0.15, -0.1) is 11.3 Å². The molecule has 2 N–H and O–H groups in total. The third-order valence-corrected chi connectivity index (χ3v) is 4.00. The number of hydrogen-bond donors (Lipinski definition) is 2. The van der Waals surface area contributed by atoms with Gasteiger partial charge in [-0.25, -0.2) is 9.78 Å². The summed E-state index contributed by atoms with van der Waals surface area (Å²) in [5.41, 5.74) is -0.638. The molecule has 1 atom stereocenters. The van der Waals surface area contributed by atoms with Gasteiger partial charge in [-0.05, 0) is 18.8 Å². The van der Waals surface area contributed by atoms with Crippen LogP contribution in [0, 0.1) is 5.92 Å². The van der Waals surface area contributed by atoms with E-state index < -0.39 is 23.5 Å². The molecule has 0 aliphatic heterocycles. The molecule has 2 aromatic rings. The number of fused-ring (bicyclic) bond motifs is 1. The lowest BCUT2D eigenvalue weighted by Gasteiger charge is -2.12. The van der Waals surface area contributed by atoms with Crippen LogP contribution >= 0.6 is 11.3 Å². The standard InChI is InChI=1S/C12H11N3O4S/c16-9(14-8(11(18)19)6-1-2-6)7-5-13-12-15(10(7)17)3-4-20-12/h3-6,8H,1-2H2,(H,14,16)(H,18,19). The zero-order chi connectivity index (χ0) is 14.3. The van der Waals surface area contributed by atoms with Gasteiger partial charge in [0.25, 0.3) is 11.5 Å². The Morgan fingerprint density at radius 3 is 2.90 bits per heavy atom. The zero-order valence-corrected chi connectivity index (χ0v) is 11.1. The second-order valence-electron chi connectivity index (χ2n) is 4.66. The maximum atomic E-state index is 12.1. The molecule has 1 fully saturated rings. The molecule has 2 aromatic heterocycles. The normalized spacial score (nSPS) is 16.0. The lowest BCUT2D eigenvalue weighted by molar-refractivity contribution is -0.139. The fourth-order valence-electron chi connectivity index (χ4n) is 2.01. The fraction of sp³-hybridized carbons (Fsp3) is 0.333. The number of hydrogen-bond acceptors (Lipinski definition) is 5. The predicted molar refractivity (Wildman–Crippen MR) is 71.0 cm³/mol. The average Bonchev–Trinajstić information content (AvgIpc) is 3.12. The molecule has 7 nitrogen and oxygen atoms in total. The minimum atomic E-state index is -1.08. The van der Waals surface area contributed by atoms with Crippen LogP contribution < -0.4 is 10.9 Å². The Labute approximate surface area is 116 Å². The third kappa shape index (κ3) is 2.18. The highest BCUT2D eigenvalue weighted by Crippen LogP contribution is 2.32. The van der Waals surface area contributed by atoms with Crippen LogP contribution in [0.3, 0.4) is 0 Å². The van der Waals surface area contributed by atoms with Crippen LogP contribution in [-0.2, 0) is 4.79 Å². The van der Waals surface area contributed by atoms with Crippen molar-refractivity contribution in [1.29, 1.82) is 0 Å². The van der Waals surface area contributed by atoms with Crippen LogP contribution in [-0.4, -0.2) is 32.4 Å². The van der Waals surface area contributed by atoms with Crippen molar-refractivity contribution in [3.8, 4) is 0 Å². The van der Waals surface area contributed by atoms with Crippen LogP contribution in [0.15, 0.2) is 22.6 Å². The highest BCUT2D eigenvalue weighted by atomic mass is 32.1. The van der Waals surface area contributed by atoms with Crippen LogP contribution in [0.5, 0.6) is 0 Å². The van der Waals surface area contributed by atoms with Gasteiger partial charge in [0.05, 0.1) is 0 Å². The number of aromatic nitrogens is 2. The number of carbonyl (C=O) groups excluding carboxylic acids is 1. The van der Waals surface area contributed by atoms with E-state index >= 15 is 0 Å². The Bertz CT molecular complexity index is 746. The Balaban J connectivity index is 1.90. The van der Waals surface area contributed by atoms with Gasteiger partial charge in [0, 0.05) is 17.8 Å². The molecule has 1 unspecified atom stereocenters. The van der Waals surface area contributed by atoms with Crippen LogP contribution in [0.2, 0.25) is 0 Å². The number of thiazole rings is 1. The van der Waals surface area contributed by atoms with E-state index in [9.17, 15) is 14.4 Å². The largest absolute Gasteiger partial charge is 0.480 e. The predicted octanol–water partition coefficient (Wildman–Crippen LogP) is 0.349. The second-order valence-corrected chi connectivity index (χ2v) is 5.53. The van der Waals surface area contributed by atoms with E-state index in [1.165, 1.54) is 28.1 Å². The Kier molecular flexibility index (Phi) is 3.01. The first-order chi connectivity index (χ1) is 9.58. The number of carboxylic acids is 1. The van der Waals surface area contributed by atoms with Crippen molar-refractivity contribution in [1.82, 2.24) is 14.7 Å². The number of aliphatic carboxylic acids is 1. The van der Waals surface area contributed by atoms with E-state index in [1.54, 1.807) is 5.38 Å². The highest BCUT2D eigenvalue weighted by Gasteiger charge is 2.37. The molecule has 1 saturated carbocycles. The van der Waals surface area contributed by atoms with Gasteiger partial charge in [0.2, 0.25) is 0 Å². The molecule has 3 rings (SSSR count). The number of rotatable bonds is 4. The Morgan fingerprint density at radius 1 is 1.50 bits per heavy atom. The molecule has 8 heteroatoms. The minimum absolute atomic E-state index is 0.0444. The van der Waals surface area contributed by atoms with E-state index in [0.717, 1.165) is 12.8 Å². The summed E-state index contributed by atoms with van der Waals surface area (Å²) >= 11 is 1.28. The van der Waals surface area contributed by atoms with Crippen molar-refractivity contribution in [3.63, 3.8) is 0 Å². The van der Waals surface area contributed by atoms with E-state index in [2.05, 4.69) is 10.3 Å². The second kappa shape index (κ2) is 4.71. The molecule has 2 heterocycles. The molecular weight excluding hydrogens is 282 g/mol. The number of nitrogens with one attached hydrogen (secondary N) is 1. The van der Waals surface area contributed by atoms with E-state index in [4.69, 9.17) is 5.11 Å². The number of amides is 1. The van der Waals surface area contributed by atoms with Gasteiger partial charge in [-0.3, -0.25) is 14.0 Å². The summed E-state index contributed by atoms with van der Waals surface area (Å²) < 4.78 is 1.27. The molecule has 1 amide bonds. The minimum Gasteiger partial charge on any atom is -0.480 e. The maximum Gasteiger partial charge on any atom is 0.326 e. The van der Waals surface area contributed by atoms with Crippen molar-refractivity contribution in [3.05, 3.63) is 33.7 Å². The molecule has 104 valence electrons. The van der Waals surface area contributed by atoms with Gasteiger partial charge in [-0.2, -0.15) is 0 Å². The van der Waals surface area contributed by atoms with Gasteiger partial charge < -0.3 is 10.4 Å². The summed E-state index contributed by atoms with van der Waals surface area (Å²) in [5, 5.41) is 13.2. The maximum absolute atomic E-state index is 12.1. The van der Waals surface area contributed by atoms with Gasteiger partial charge in [0.1, 0.15) is 11.6 Å². The number of nitrogens with zero attached hydrogens (tertiary/aromatic N) is 2. The number of carbonyl (C=O) groups is 2. The first kappa shape index (κ1) is 12.8. The Morgan fingerprint density at radius 2 is 2.25 bits per heavy atom. The lowest BCUT2D eigenvalue weighted by atomic mass is 10.1. The van der Waals surface area contributed by atoms with Crippen molar-refractivity contribution in [2.75, 3.05) is 0 Å². The molecule has 0 bridgehead atoms. The molecular formula is C12H11N3O4S. The van der Waals surface area contributed by atoms with Crippen molar-refractivity contribution < 1.29 is 14.7 Å². The third-order valence-electron chi connectivity index (χ3n) is 3.23. The first-order valence-corrected chi connectivity index (χ1v) is 6.94. The monoisotopic (exact) mass is 293 g/mol. The van der Waals surface area contributed by atoms with Crippen LogP contribution in [0.1, 0.15) is 23.2 Å². The summed E-state index contributed by atoms with van der Waals surface area (Å²) in [6.07, 6.45) is 4.27. The summed E-state index contributed by atoms with van der Waals surface area (Å²) in [6, 6.07) is -0.940. The van der Waals surface area contributed by atoms with E-state index in [1.807, 2.05) is 0 Å².